The monoisotopic (exact) mass is 481 g/mol. The summed E-state index contributed by atoms with van der Waals surface area (Å²) in [4.78, 5) is 29.0. The van der Waals surface area contributed by atoms with Gasteiger partial charge in [0.15, 0.2) is 11.3 Å². The molecule has 180 valence electrons. The number of methoxy groups -OCH3 is 3. The fourth-order valence-electron chi connectivity index (χ4n) is 5.34. The summed E-state index contributed by atoms with van der Waals surface area (Å²) in [6.45, 7) is 3.80. The zero-order chi connectivity index (χ0) is 25.3. The number of para-hydroxylation sites is 1. The first-order chi connectivity index (χ1) is 17.4. The van der Waals surface area contributed by atoms with Crippen molar-refractivity contribution in [1.82, 2.24) is 0 Å². The number of carbonyl (C=O) groups is 2. The van der Waals surface area contributed by atoms with Crippen LogP contribution >= 0.6 is 0 Å². The number of imide groups is 1. The zero-order valence-electron chi connectivity index (χ0n) is 20.5. The second kappa shape index (κ2) is 7.75. The molecule has 0 saturated heterocycles. The molecule has 7 heteroatoms. The molecule has 36 heavy (non-hydrogen) atoms. The van der Waals surface area contributed by atoms with Gasteiger partial charge in [0.2, 0.25) is 11.5 Å². The van der Waals surface area contributed by atoms with Crippen molar-refractivity contribution in [3.05, 3.63) is 70.8 Å². The molecule has 0 fully saturated rings. The van der Waals surface area contributed by atoms with Crippen LogP contribution in [-0.4, -0.2) is 33.1 Å². The van der Waals surface area contributed by atoms with E-state index in [1.165, 1.54) is 19.1 Å². The fraction of sp³-hybridized carbons (Fsp3) is 0.172. The van der Waals surface area contributed by atoms with Crippen molar-refractivity contribution in [3.63, 3.8) is 0 Å². The van der Waals surface area contributed by atoms with Crippen LogP contribution in [0.25, 0.3) is 32.7 Å². The first kappa shape index (κ1) is 22.0. The second-order valence-electron chi connectivity index (χ2n) is 8.84. The quantitative estimate of drug-likeness (QED) is 0.285. The van der Waals surface area contributed by atoms with E-state index in [4.69, 9.17) is 18.6 Å². The van der Waals surface area contributed by atoms with Gasteiger partial charge in [-0.2, -0.15) is 0 Å². The summed E-state index contributed by atoms with van der Waals surface area (Å²) < 4.78 is 23.0. The summed E-state index contributed by atoms with van der Waals surface area (Å²) in [5.41, 5.74) is 4.23. The number of amides is 2. The van der Waals surface area contributed by atoms with Crippen LogP contribution in [0.1, 0.15) is 31.8 Å². The van der Waals surface area contributed by atoms with E-state index in [0.717, 1.165) is 11.1 Å². The van der Waals surface area contributed by atoms with Crippen LogP contribution in [0.3, 0.4) is 0 Å². The first-order valence-electron chi connectivity index (χ1n) is 11.5. The van der Waals surface area contributed by atoms with Gasteiger partial charge in [-0.15, -0.1) is 0 Å². The molecule has 1 aliphatic heterocycles. The van der Waals surface area contributed by atoms with E-state index in [1.807, 2.05) is 50.2 Å². The SMILES string of the molecule is COc1cc2c(oc3c4cccc5c4c(cc23)C(=O)N(c2c(C)cccc2C)C5=O)c(OC)c1OC. The molecule has 2 amide bonds. The normalized spacial score (nSPS) is 13.2. The third kappa shape index (κ3) is 2.74. The summed E-state index contributed by atoms with van der Waals surface area (Å²) in [6.07, 6.45) is 0. The largest absolute Gasteiger partial charge is 0.493 e. The number of furan rings is 1. The lowest BCUT2D eigenvalue weighted by atomic mass is 9.91. The maximum absolute atomic E-state index is 14.0. The van der Waals surface area contributed by atoms with E-state index < -0.39 is 0 Å². The molecule has 1 aromatic heterocycles. The van der Waals surface area contributed by atoms with Gasteiger partial charge in [0.05, 0.1) is 27.0 Å². The van der Waals surface area contributed by atoms with Crippen LogP contribution in [-0.2, 0) is 0 Å². The van der Waals surface area contributed by atoms with E-state index in [2.05, 4.69) is 0 Å². The molecule has 4 aromatic carbocycles. The number of aryl methyl sites for hydroxylation is 2. The summed E-state index contributed by atoms with van der Waals surface area (Å²) in [5, 5.41) is 2.69. The van der Waals surface area contributed by atoms with Gasteiger partial charge in [0.1, 0.15) is 5.58 Å². The lowest BCUT2D eigenvalue weighted by molar-refractivity contribution is 0.0893. The highest BCUT2D eigenvalue weighted by molar-refractivity contribution is 6.38. The molecule has 1 aliphatic rings. The summed E-state index contributed by atoms with van der Waals surface area (Å²) in [6, 6.07) is 14.8. The Bertz CT molecular complexity index is 1740. The van der Waals surface area contributed by atoms with Crippen LogP contribution < -0.4 is 19.1 Å². The van der Waals surface area contributed by atoms with Crippen LogP contribution in [0.2, 0.25) is 0 Å². The number of carbonyl (C=O) groups excluding carboxylic acids is 2. The molecule has 6 rings (SSSR count). The van der Waals surface area contributed by atoms with Gasteiger partial charge in [-0.1, -0.05) is 30.3 Å². The zero-order valence-corrected chi connectivity index (χ0v) is 20.5. The van der Waals surface area contributed by atoms with Gasteiger partial charge < -0.3 is 18.6 Å². The minimum Gasteiger partial charge on any atom is -0.493 e. The molecule has 0 aliphatic carbocycles. The van der Waals surface area contributed by atoms with E-state index >= 15 is 0 Å². The van der Waals surface area contributed by atoms with Crippen molar-refractivity contribution in [3.8, 4) is 17.2 Å². The number of hydrogen-bond acceptors (Lipinski definition) is 6. The van der Waals surface area contributed by atoms with Crippen molar-refractivity contribution >= 4 is 50.2 Å². The van der Waals surface area contributed by atoms with Crippen LogP contribution in [0.4, 0.5) is 5.69 Å². The Labute approximate surface area is 206 Å². The summed E-state index contributed by atoms with van der Waals surface area (Å²) >= 11 is 0. The predicted molar refractivity (Wildman–Crippen MR) is 138 cm³/mol. The van der Waals surface area contributed by atoms with Crippen molar-refractivity contribution in [2.45, 2.75) is 13.8 Å². The third-order valence-corrected chi connectivity index (χ3v) is 6.92. The predicted octanol–water partition coefficient (Wildman–Crippen LogP) is 6.18. The van der Waals surface area contributed by atoms with Crippen molar-refractivity contribution in [2.24, 2.45) is 0 Å². The molecule has 0 atom stereocenters. The first-order valence-corrected chi connectivity index (χ1v) is 11.5. The van der Waals surface area contributed by atoms with E-state index in [0.29, 0.717) is 66.8 Å². The molecule has 0 saturated carbocycles. The molecule has 0 unspecified atom stereocenters. The van der Waals surface area contributed by atoms with Crippen LogP contribution in [0.15, 0.2) is 52.9 Å². The van der Waals surface area contributed by atoms with Gasteiger partial charge in [0.25, 0.3) is 11.8 Å². The Hall–Kier alpha value is -4.52. The molecule has 0 bridgehead atoms. The highest BCUT2D eigenvalue weighted by Crippen LogP contribution is 2.49. The van der Waals surface area contributed by atoms with Crippen LogP contribution in [0.5, 0.6) is 17.2 Å². The van der Waals surface area contributed by atoms with Crippen molar-refractivity contribution < 1.29 is 28.2 Å². The summed E-state index contributed by atoms with van der Waals surface area (Å²) in [5.74, 6) is 0.555. The Balaban J connectivity index is 1.73. The molecule has 0 N–H and O–H groups in total. The lowest BCUT2D eigenvalue weighted by Crippen LogP contribution is -2.41. The topological polar surface area (TPSA) is 78.2 Å². The Morgan fingerprint density at radius 1 is 0.694 bits per heavy atom. The minimum atomic E-state index is -0.371. The number of benzene rings is 4. The number of rotatable bonds is 4. The molecular weight excluding hydrogens is 458 g/mol. The highest BCUT2D eigenvalue weighted by Gasteiger charge is 2.37. The highest BCUT2D eigenvalue weighted by atomic mass is 16.5. The van der Waals surface area contributed by atoms with E-state index in [-0.39, 0.29) is 11.8 Å². The lowest BCUT2D eigenvalue weighted by Gasteiger charge is -2.29. The second-order valence-corrected chi connectivity index (χ2v) is 8.84. The van der Waals surface area contributed by atoms with Gasteiger partial charge in [-0.25, -0.2) is 4.90 Å². The third-order valence-electron chi connectivity index (χ3n) is 6.92. The molecule has 7 nitrogen and oxygen atoms in total. The average Bonchev–Trinajstić information content (AvgIpc) is 3.25. The minimum absolute atomic E-state index is 0.355. The van der Waals surface area contributed by atoms with E-state index in [1.54, 1.807) is 19.2 Å². The molecule has 0 radical (unpaired) electrons. The Morgan fingerprint density at radius 2 is 1.33 bits per heavy atom. The molecular formula is C29H23NO6. The number of nitrogens with zero attached hydrogens (tertiary/aromatic N) is 1. The van der Waals surface area contributed by atoms with Crippen molar-refractivity contribution in [1.29, 1.82) is 0 Å². The number of ether oxygens (including phenoxy) is 3. The van der Waals surface area contributed by atoms with Gasteiger partial charge in [0, 0.05) is 32.7 Å². The standard InChI is InChI=1S/C29H23NO6/c1-14-8-6-9-15(2)23(14)30-28(31)17-11-7-10-16-22(17)20(29(30)32)12-18-19-13-21(33-3)26(34-4)27(35-5)25(19)36-24(16)18/h6-13H,1-5H3. The number of hydrogen-bond donors (Lipinski definition) is 0. The number of anilines is 1. The Morgan fingerprint density at radius 3 is 2.00 bits per heavy atom. The van der Waals surface area contributed by atoms with Crippen LogP contribution in [0, 0.1) is 13.8 Å². The smallest absolute Gasteiger partial charge is 0.266 e. The van der Waals surface area contributed by atoms with E-state index in [9.17, 15) is 9.59 Å². The van der Waals surface area contributed by atoms with Gasteiger partial charge in [-0.3, -0.25) is 9.59 Å². The maximum Gasteiger partial charge on any atom is 0.266 e. The fourth-order valence-corrected chi connectivity index (χ4v) is 5.34. The molecule has 2 heterocycles. The van der Waals surface area contributed by atoms with Crippen molar-refractivity contribution in [2.75, 3.05) is 26.2 Å². The average molecular weight is 482 g/mol. The van der Waals surface area contributed by atoms with Gasteiger partial charge >= 0.3 is 0 Å². The molecule has 5 aromatic rings. The Kier molecular flexibility index (Phi) is 4.73. The molecule has 0 spiro atoms. The summed E-state index contributed by atoms with van der Waals surface area (Å²) in [7, 11) is 4.61. The van der Waals surface area contributed by atoms with Gasteiger partial charge in [-0.05, 0) is 43.2 Å². The maximum atomic E-state index is 14.0. The number of fused-ring (bicyclic) bond motifs is 4.